The van der Waals surface area contributed by atoms with E-state index in [1.807, 2.05) is 0 Å². The van der Waals surface area contributed by atoms with Crippen molar-refractivity contribution in [2.75, 3.05) is 0 Å². The molecule has 3 fully saturated rings. The van der Waals surface area contributed by atoms with Gasteiger partial charge in [0.2, 0.25) is 0 Å². The second kappa shape index (κ2) is 5.08. The van der Waals surface area contributed by atoms with Gasteiger partial charge < -0.3 is 0 Å². The summed E-state index contributed by atoms with van der Waals surface area (Å²) in [5.74, 6) is -0.504. The largest absolute Gasteiger partial charge is 0.272 e. The molecule has 0 spiro atoms. The van der Waals surface area contributed by atoms with Crippen LogP contribution in [0.15, 0.2) is 30.4 Å². The first-order chi connectivity index (χ1) is 12.0. The molecule has 1 heterocycles. The van der Waals surface area contributed by atoms with Gasteiger partial charge in [-0.1, -0.05) is 35.4 Å². The van der Waals surface area contributed by atoms with Crippen molar-refractivity contribution >= 4 is 40.9 Å². The summed E-state index contributed by atoms with van der Waals surface area (Å²) in [4.78, 5) is 38.0. The Balaban J connectivity index is 1.40. The van der Waals surface area contributed by atoms with E-state index < -0.39 is 5.91 Å². The summed E-state index contributed by atoms with van der Waals surface area (Å²) >= 11 is 11.8. The van der Waals surface area contributed by atoms with Gasteiger partial charge in [0.25, 0.3) is 17.7 Å². The number of allylic oxidation sites excluding steroid dienone is 2. The van der Waals surface area contributed by atoms with Gasteiger partial charge in [0.1, 0.15) is 0 Å². The summed E-state index contributed by atoms with van der Waals surface area (Å²) in [6, 6.07) is 4.42. The molecule has 0 radical (unpaired) electrons. The Morgan fingerprint density at radius 3 is 2.16 bits per heavy atom. The molecule has 5 aliphatic rings. The quantitative estimate of drug-likeness (QED) is 0.637. The van der Waals surface area contributed by atoms with E-state index in [1.54, 1.807) is 0 Å². The van der Waals surface area contributed by atoms with Crippen molar-refractivity contribution in [1.29, 1.82) is 0 Å². The lowest BCUT2D eigenvalue weighted by Crippen LogP contribution is -2.46. The smallest absolute Gasteiger partial charge is 0.270 e. The first-order valence-corrected chi connectivity index (χ1v) is 9.05. The lowest BCUT2D eigenvalue weighted by molar-refractivity contribution is -0.143. The zero-order valence-corrected chi connectivity index (χ0v) is 14.5. The standard InChI is InChI=1S/C18H14Cl2N2O3/c19-12-4-1-7(5-13(12)20)16(23)21-22-17(24)14-8-2-3-9(11-6-10(8)11)15(14)18(22)25/h1-5,8-11,14-15H,6H2,(H,21,23)/t8-,9-,10-,11-,14-,15+/m1/s1. The lowest BCUT2D eigenvalue weighted by atomic mass is 9.63. The van der Waals surface area contributed by atoms with Gasteiger partial charge in [0.15, 0.2) is 0 Å². The van der Waals surface area contributed by atoms with Crippen molar-refractivity contribution < 1.29 is 14.4 Å². The summed E-state index contributed by atoms with van der Waals surface area (Å²) < 4.78 is 0. The van der Waals surface area contributed by atoms with Crippen molar-refractivity contribution in [3.63, 3.8) is 0 Å². The topological polar surface area (TPSA) is 66.5 Å². The van der Waals surface area contributed by atoms with E-state index >= 15 is 0 Å². The maximum absolute atomic E-state index is 12.8. The second-order valence-corrected chi connectivity index (χ2v) is 8.05. The van der Waals surface area contributed by atoms with E-state index in [0.29, 0.717) is 16.9 Å². The number of hydrogen-bond acceptors (Lipinski definition) is 3. The molecule has 3 amide bonds. The Bertz CT molecular complexity index is 832. The summed E-state index contributed by atoms with van der Waals surface area (Å²) in [5, 5.41) is 1.49. The van der Waals surface area contributed by atoms with E-state index in [9.17, 15) is 14.4 Å². The number of nitrogens with zero attached hydrogens (tertiary/aromatic N) is 1. The van der Waals surface area contributed by atoms with Gasteiger partial charge in [-0.3, -0.25) is 19.8 Å². The summed E-state index contributed by atoms with van der Waals surface area (Å²) in [7, 11) is 0. The number of amides is 3. The highest BCUT2D eigenvalue weighted by Gasteiger charge is 2.67. The van der Waals surface area contributed by atoms with Crippen LogP contribution in [0.1, 0.15) is 16.8 Å². The molecule has 1 aromatic rings. The fourth-order valence-electron chi connectivity index (χ4n) is 4.87. The molecule has 6 atom stereocenters. The number of nitrogens with one attached hydrogen (secondary N) is 1. The molecule has 1 aliphatic heterocycles. The number of carbonyl (C=O) groups excluding carboxylic acids is 3. The third-order valence-electron chi connectivity index (χ3n) is 6.06. The average molecular weight is 377 g/mol. The minimum atomic E-state index is -0.552. The predicted octanol–water partition coefficient (Wildman–Crippen LogP) is 2.69. The molecule has 4 aliphatic carbocycles. The zero-order valence-electron chi connectivity index (χ0n) is 13.0. The molecule has 1 saturated heterocycles. The van der Waals surface area contributed by atoms with Crippen LogP contribution in [0.3, 0.4) is 0 Å². The Morgan fingerprint density at radius 1 is 1.00 bits per heavy atom. The molecule has 0 aromatic heterocycles. The van der Waals surface area contributed by atoms with Crippen LogP contribution in [0.2, 0.25) is 10.0 Å². The average Bonchev–Trinajstić information content (AvgIpc) is 3.38. The highest BCUT2D eigenvalue weighted by atomic mass is 35.5. The van der Waals surface area contributed by atoms with Crippen LogP contribution in [0.25, 0.3) is 0 Å². The molecular formula is C18H14Cl2N2O3. The van der Waals surface area contributed by atoms with Gasteiger partial charge in [0, 0.05) is 5.56 Å². The van der Waals surface area contributed by atoms with E-state index in [-0.39, 0.29) is 46.1 Å². The highest BCUT2D eigenvalue weighted by Crippen LogP contribution is 2.65. The SMILES string of the molecule is O=C(NN1C(=O)[C@@H]2[C@@H]3C=C[C@H]([C@H]4C[C@H]34)[C@@H]2C1=O)c1ccc(Cl)c(Cl)c1. The Kier molecular flexibility index (Phi) is 3.13. The van der Waals surface area contributed by atoms with Crippen LogP contribution in [0.4, 0.5) is 0 Å². The Labute approximate surface area is 153 Å². The van der Waals surface area contributed by atoms with E-state index in [1.165, 1.54) is 18.2 Å². The van der Waals surface area contributed by atoms with Crippen molar-refractivity contribution in [3.05, 3.63) is 46.0 Å². The summed E-state index contributed by atoms with van der Waals surface area (Å²) in [5.41, 5.74) is 2.71. The molecule has 2 saturated carbocycles. The molecule has 128 valence electrons. The third kappa shape index (κ3) is 2.06. The summed E-state index contributed by atoms with van der Waals surface area (Å²) in [6.45, 7) is 0. The van der Waals surface area contributed by atoms with Gasteiger partial charge >= 0.3 is 0 Å². The highest BCUT2D eigenvalue weighted by molar-refractivity contribution is 6.42. The first-order valence-electron chi connectivity index (χ1n) is 8.29. The number of imide groups is 1. The molecule has 2 bridgehead atoms. The molecular weight excluding hydrogens is 363 g/mol. The van der Waals surface area contributed by atoms with Crippen molar-refractivity contribution in [1.82, 2.24) is 10.4 Å². The molecule has 1 N–H and O–H groups in total. The fraction of sp³-hybridized carbons (Fsp3) is 0.389. The van der Waals surface area contributed by atoms with Gasteiger partial charge in [-0.05, 0) is 48.3 Å². The van der Waals surface area contributed by atoms with E-state index in [2.05, 4.69) is 17.6 Å². The van der Waals surface area contributed by atoms with Gasteiger partial charge in [0.05, 0.1) is 21.9 Å². The Morgan fingerprint density at radius 2 is 1.60 bits per heavy atom. The minimum absolute atomic E-state index is 0.128. The third-order valence-corrected chi connectivity index (χ3v) is 6.80. The van der Waals surface area contributed by atoms with Gasteiger partial charge in [-0.15, -0.1) is 0 Å². The molecule has 0 unspecified atom stereocenters. The van der Waals surface area contributed by atoms with Crippen LogP contribution < -0.4 is 5.43 Å². The number of benzene rings is 1. The molecule has 5 nitrogen and oxygen atoms in total. The zero-order chi connectivity index (χ0) is 17.5. The maximum atomic E-state index is 12.8. The molecule has 1 aromatic carbocycles. The van der Waals surface area contributed by atoms with Crippen molar-refractivity contribution in [3.8, 4) is 0 Å². The van der Waals surface area contributed by atoms with Crippen molar-refractivity contribution in [2.24, 2.45) is 35.5 Å². The number of halogens is 2. The van der Waals surface area contributed by atoms with Gasteiger partial charge in [-0.2, -0.15) is 5.01 Å². The second-order valence-electron chi connectivity index (χ2n) is 7.24. The van der Waals surface area contributed by atoms with E-state index in [0.717, 1.165) is 11.4 Å². The fourth-order valence-corrected chi connectivity index (χ4v) is 5.17. The molecule has 25 heavy (non-hydrogen) atoms. The first kappa shape index (κ1) is 15.4. The number of hydrazine groups is 1. The maximum Gasteiger partial charge on any atom is 0.270 e. The van der Waals surface area contributed by atoms with E-state index in [4.69, 9.17) is 23.2 Å². The predicted molar refractivity (Wildman–Crippen MR) is 90.5 cm³/mol. The van der Waals surface area contributed by atoms with Crippen molar-refractivity contribution in [2.45, 2.75) is 6.42 Å². The molecule has 6 rings (SSSR count). The minimum Gasteiger partial charge on any atom is -0.272 e. The van der Waals surface area contributed by atoms with Gasteiger partial charge in [-0.25, -0.2) is 0 Å². The number of rotatable bonds is 2. The van der Waals surface area contributed by atoms with Crippen LogP contribution in [0.5, 0.6) is 0 Å². The Hall–Kier alpha value is -1.85. The molecule has 7 heteroatoms. The number of carbonyl (C=O) groups is 3. The van der Waals surface area contributed by atoms with Crippen LogP contribution in [-0.2, 0) is 9.59 Å². The lowest BCUT2D eigenvalue weighted by Gasteiger charge is -2.37. The van der Waals surface area contributed by atoms with Crippen LogP contribution in [0, 0.1) is 35.5 Å². The normalized spacial score (nSPS) is 37.1. The summed E-state index contributed by atoms with van der Waals surface area (Å²) in [6.07, 6.45) is 5.29. The monoisotopic (exact) mass is 376 g/mol. The van der Waals surface area contributed by atoms with Crippen LogP contribution >= 0.6 is 23.2 Å². The number of hydrogen-bond donors (Lipinski definition) is 1. The van der Waals surface area contributed by atoms with Crippen LogP contribution in [-0.4, -0.2) is 22.7 Å².